The van der Waals surface area contributed by atoms with Crippen molar-refractivity contribution in [2.75, 3.05) is 38.2 Å². The molecule has 0 bridgehead atoms. The van der Waals surface area contributed by atoms with Crippen molar-refractivity contribution < 1.29 is 22.7 Å². The molecule has 31 heavy (non-hydrogen) atoms. The minimum Gasteiger partial charge on any atom is -0.379 e. The van der Waals surface area contributed by atoms with Crippen LogP contribution in [-0.4, -0.2) is 57.4 Å². The van der Waals surface area contributed by atoms with Crippen molar-refractivity contribution in [3.63, 3.8) is 0 Å². The summed E-state index contributed by atoms with van der Waals surface area (Å²) in [6.07, 6.45) is 0.796. The van der Waals surface area contributed by atoms with Crippen molar-refractivity contribution in [1.29, 1.82) is 0 Å². The molecule has 2 N–H and O–H groups in total. The molecule has 166 valence electrons. The van der Waals surface area contributed by atoms with Gasteiger partial charge in [-0.15, -0.1) is 0 Å². The zero-order valence-electron chi connectivity index (χ0n) is 17.7. The lowest BCUT2D eigenvalue weighted by Gasteiger charge is -2.26. The highest BCUT2D eigenvalue weighted by molar-refractivity contribution is 7.89. The number of carbonyl (C=O) groups excluding carboxylic acids is 2. The quantitative estimate of drug-likeness (QED) is 0.681. The van der Waals surface area contributed by atoms with Gasteiger partial charge in [0, 0.05) is 25.2 Å². The number of rotatable bonds is 7. The Hall–Kier alpha value is -2.75. The standard InChI is InChI=1S/C22H27N3O5S/c1-3-10-23-22(27)18-6-4-5-7-19(18)24-21(26)17-9-8-16(2)20(15-17)31(28,29)25-11-13-30-14-12-25/h4-9,15H,3,10-14H2,1-2H3,(H,23,27)(H,24,26). The van der Waals surface area contributed by atoms with Gasteiger partial charge in [0.25, 0.3) is 11.8 Å². The summed E-state index contributed by atoms with van der Waals surface area (Å²) in [7, 11) is -3.74. The Labute approximate surface area is 182 Å². The van der Waals surface area contributed by atoms with Gasteiger partial charge in [0.1, 0.15) is 0 Å². The van der Waals surface area contributed by atoms with Crippen LogP contribution in [0, 0.1) is 6.92 Å². The molecule has 0 atom stereocenters. The van der Waals surface area contributed by atoms with Crippen LogP contribution < -0.4 is 10.6 Å². The van der Waals surface area contributed by atoms with Crippen LogP contribution in [0.3, 0.4) is 0 Å². The molecule has 1 aliphatic rings. The highest BCUT2D eigenvalue weighted by Crippen LogP contribution is 2.23. The van der Waals surface area contributed by atoms with Crippen molar-refractivity contribution in [2.45, 2.75) is 25.2 Å². The lowest BCUT2D eigenvalue weighted by Crippen LogP contribution is -2.40. The molecule has 2 aromatic carbocycles. The number of hydrogen-bond donors (Lipinski definition) is 2. The van der Waals surface area contributed by atoms with E-state index in [1.54, 1.807) is 43.3 Å². The highest BCUT2D eigenvalue weighted by atomic mass is 32.2. The Morgan fingerprint density at radius 2 is 1.77 bits per heavy atom. The molecule has 9 heteroatoms. The van der Waals surface area contributed by atoms with Crippen LogP contribution in [0.5, 0.6) is 0 Å². The summed E-state index contributed by atoms with van der Waals surface area (Å²) in [6, 6.07) is 11.3. The number of nitrogens with one attached hydrogen (secondary N) is 2. The largest absolute Gasteiger partial charge is 0.379 e. The summed E-state index contributed by atoms with van der Waals surface area (Å²) in [5.74, 6) is -0.772. The first-order valence-electron chi connectivity index (χ1n) is 10.2. The van der Waals surface area contributed by atoms with E-state index in [-0.39, 0.29) is 29.5 Å². The third kappa shape index (κ3) is 5.30. The number of anilines is 1. The average molecular weight is 446 g/mol. The monoisotopic (exact) mass is 445 g/mol. The van der Waals surface area contributed by atoms with Crippen molar-refractivity contribution in [3.05, 3.63) is 59.2 Å². The fourth-order valence-electron chi connectivity index (χ4n) is 3.26. The lowest BCUT2D eigenvalue weighted by molar-refractivity contribution is 0.0730. The van der Waals surface area contributed by atoms with Crippen LogP contribution in [0.2, 0.25) is 0 Å². The van der Waals surface area contributed by atoms with Gasteiger partial charge in [-0.1, -0.05) is 25.1 Å². The van der Waals surface area contributed by atoms with Crippen LogP contribution in [0.25, 0.3) is 0 Å². The van der Waals surface area contributed by atoms with Gasteiger partial charge in [-0.3, -0.25) is 9.59 Å². The maximum Gasteiger partial charge on any atom is 0.255 e. The molecule has 0 unspecified atom stereocenters. The molecule has 1 heterocycles. The summed E-state index contributed by atoms with van der Waals surface area (Å²) in [5, 5.41) is 5.52. The van der Waals surface area contributed by atoms with E-state index in [0.29, 0.717) is 36.6 Å². The van der Waals surface area contributed by atoms with Crippen molar-refractivity contribution in [1.82, 2.24) is 9.62 Å². The number of benzene rings is 2. The minimum atomic E-state index is -3.74. The fraction of sp³-hybridized carbons (Fsp3) is 0.364. The van der Waals surface area contributed by atoms with E-state index in [9.17, 15) is 18.0 Å². The first kappa shape index (κ1) is 22.9. The summed E-state index contributed by atoms with van der Waals surface area (Å²) in [6.45, 7) is 5.42. The number of aryl methyl sites for hydroxylation is 1. The van der Waals surface area contributed by atoms with E-state index in [2.05, 4.69) is 10.6 Å². The first-order valence-corrected chi connectivity index (χ1v) is 11.7. The van der Waals surface area contributed by atoms with Gasteiger partial charge in [-0.05, 0) is 43.2 Å². The minimum absolute atomic E-state index is 0.0935. The molecule has 8 nitrogen and oxygen atoms in total. The number of morpholine rings is 1. The Balaban J connectivity index is 1.86. The van der Waals surface area contributed by atoms with E-state index in [1.807, 2.05) is 6.92 Å². The van der Waals surface area contributed by atoms with Crippen LogP contribution in [0.1, 0.15) is 39.6 Å². The zero-order chi connectivity index (χ0) is 22.4. The SMILES string of the molecule is CCCNC(=O)c1ccccc1NC(=O)c1ccc(C)c(S(=O)(=O)N2CCOCC2)c1. The normalized spacial score (nSPS) is 14.8. The smallest absolute Gasteiger partial charge is 0.255 e. The molecular weight excluding hydrogens is 418 g/mol. The van der Waals surface area contributed by atoms with Gasteiger partial charge in [0.2, 0.25) is 10.0 Å². The third-order valence-corrected chi connectivity index (χ3v) is 7.03. The molecule has 0 saturated carbocycles. The number of nitrogens with zero attached hydrogens (tertiary/aromatic N) is 1. The summed E-state index contributed by atoms with van der Waals surface area (Å²) >= 11 is 0. The zero-order valence-corrected chi connectivity index (χ0v) is 18.5. The van der Waals surface area contributed by atoms with E-state index in [4.69, 9.17) is 4.74 Å². The van der Waals surface area contributed by atoms with Gasteiger partial charge < -0.3 is 15.4 Å². The molecule has 1 fully saturated rings. The lowest BCUT2D eigenvalue weighted by atomic mass is 10.1. The Kier molecular flexibility index (Phi) is 7.42. The third-order valence-electron chi connectivity index (χ3n) is 4.99. The number of hydrogen-bond acceptors (Lipinski definition) is 5. The van der Waals surface area contributed by atoms with Crippen LogP contribution >= 0.6 is 0 Å². The summed E-state index contributed by atoms with van der Waals surface area (Å²) < 4.78 is 32.8. The second kappa shape index (κ2) is 10.0. The Morgan fingerprint density at radius 1 is 1.06 bits per heavy atom. The average Bonchev–Trinajstić information content (AvgIpc) is 2.78. The van der Waals surface area contributed by atoms with Crippen LogP contribution in [-0.2, 0) is 14.8 Å². The number of para-hydroxylation sites is 1. The van der Waals surface area contributed by atoms with Gasteiger partial charge in [0.15, 0.2) is 0 Å². The maximum atomic E-state index is 13.1. The molecule has 1 aliphatic heterocycles. The van der Waals surface area contributed by atoms with Gasteiger partial charge in [-0.25, -0.2) is 8.42 Å². The topological polar surface area (TPSA) is 105 Å². The number of amides is 2. The van der Waals surface area contributed by atoms with Crippen molar-refractivity contribution >= 4 is 27.5 Å². The van der Waals surface area contributed by atoms with Crippen LogP contribution in [0.15, 0.2) is 47.4 Å². The molecule has 0 spiro atoms. The number of sulfonamides is 1. The van der Waals surface area contributed by atoms with Gasteiger partial charge in [0.05, 0.1) is 29.4 Å². The molecule has 0 aromatic heterocycles. The van der Waals surface area contributed by atoms with Crippen molar-refractivity contribution in [3.8, 4) is 0 Å². The van der Waals surface area contributed by atoms with Gasteiger partial charge in [-0.2, -0.15) is 4.31 Å². The maximum absolute atomic E-state index is 13.1. The molecule has 2 aromatic rings. The van der Waals surface area contributed by atoms with Crippen LogP contribution in [0.4, 0.5) is 5.69 Å². The summed E-state index contributed by atoms with van der Waals surface area (Å²) in [4.78, 5) is 25.4. The number of ether oxygens (including phenoxy) is 1. The second-order valence-electron chi connectivity index (χ2n) is 7.25. The van der Waals surface area contributed by atoms with E-state index < -0.39 is 15.9 Å². The van der Waals surface area contributed by atoms with E-state index >= 15 is 0 Å². The highest BCUT2D eigenvalue weighted by Gasteiger charge is 2.28. The van der Waals surface area contributed by atoms with E-state index in [1.165, 1.54) is 10.4 Å². The number of carbonyl (C=O) groups is 2. The molecule has 0 radical (unpaired) electrons. The molecule has 1 saturated heterocycles. The molecule has 3 rings (SSSR count). The second-order valence-corrected chi connectivity index (χ2v) is 9.16. The Bertz CT molecular complexity index is 1060. The van der Waals surface area contributed by atoms with Gasteiger partial charge >= 0.3 is 0 Å². The summed E-state index contributed by atoms with van der Waals surface area (Å²) in [5.41, 5.74) is 1.46. The molecule has 0 aliphatic carbocycles. The molecule has 2 amide bonds. The first-order chi connectivity index (χ1) is 14.8. The fourth-order valence-corrected chi connectivity index (χ4v) is 4.92. The predicted molar refractivity (Wildman–Crippen MR) is 118 cm³/mol. The van der Waals surface area contributed by atoms with E-state index in [0.717, 1.165) is 6.42 Å². The Morgan fingerprint density at radius 3 is 2.48 bits per heavy atom. The molecular formula is C22H27N3O5S. The predicted octanol–water partition coefficient (Wildman–Crippen LogP) is 2.41. The van der Waals surface area contributed by atoms with Crippen molar-refractivity contribution in [2.24, 2.45) is 0 Å².